The normalized spacial score (nSPS) is 22.4. The number of rotatable bonds is 3. The van der Waals surface area contributed by atoms with Crippen LogP contribution in [-0.2, 0) is 0 Å². The Bertz CT molecular complexity index is 476. The van der Waals surface area contributed by atoms with Gasteiger partial charge in [0, 0.05) is 17.1 Å². The largest absolute Gasteiger partial charge is 0.396 e. The molecule has 0 unspecified atom stereocenters. The molecule has 0 aromatic heterocycles. The predicted octanol–water partition coefficient (Wildman–Crippen LogP) is 3.26. The van der Waals surface area contributed by atoms with Gasteiger partial charge >= 0.3 is 6.03 Å². The molecule has 0 atom stereocenters. The van der Waals surface area contributed by atoms with Gasteiger partial charge in [0.25, 0.3) is 0 Å². The minimum absolute atomic E-state index is 0.0908. The number of aliphatic hydroxyl groups is 1. The van der Waals surface area contributed by atoms with Crippen molar-refractivity contribution in [3.8, 4) is 0 Å². The molecule has 2 rings (SSSR count). The highest BCUT2D eigenvalue weighted by Gasteiger charge is 2.22. The highest BCUT2D eigenvalue weighted by molar-refractivity contribution is 9.10. The van der Waals surface area contributed by atoms with Crippen molar-refractivity contribution in [2.45, 2.75) is 31.7 Å². The summed E-state index contributed by atoms with van der Waals surface area (Å²) in [4.78, 5) is 11.8. The first-order valence-electron chi connectivity index (χ1n) is 6.72. The van der Waals surface area contributed by atoms with E-state index in [1.54, 1.807) is 6.07 Å². The van der Waals surface area contributed by atoms with E-state index >= 15 is 0 Å². The summed E-state index contributed by atoms with van der Waals surface area (Å²) >= 11 is 3.24. The Kier molecular flexibility index (Phi) is 5.37. The zero-order valence-corrected chi connectivity index (χ0v) is 12.6. The fraction of sp³-hybridized carbons (Fsp3) is 0.500. The van der Waals surface area contributed by atoms with Crippen LogP contribution >= 0.6 is 15.9 Å². The summed E-state index contributed by atoms with van der Waals surface area (Å²) in [5, 5.41) is 14.4. The summed E-state index contributed by atoms with van der Waals surface area (Å²) in [7, 11) is 0. The van der Waals surface area contributed by atoms with Gasteiger partial charge in [0.1, 0.15) is 5.82 Å². The zero-order chi connectivity index (χ0) is 14.5. The van der Waals surface area contributed by atoms with Crippen molar-refractivity contribution in [1.29, 1.82) is 0 Å². The van der Waals surface area contributed by atoms with E-state index in [0.717, 1.165) is 25.7 Å². The topological polar surface area (TPSA) is 61.4 Å². The molecule has 2 amide bonds. The van der Waals surface area contributed by atoms with Crippen LogP contribution in [0, 0.1) is 11.7 Å². The van der Waals surface area contributed by atoms with E-state index in [1.165, 1.54) is 12.1 Å². The van der Waals surface area contributed by atoms with Crippen LogP contribution in [0.3, 0.4) is 0 Å². The summed E-state index contributed by atoms with van der Waals surface area (Å²) in [6.07, 6.45) is 3.51. The van der Waals surface area contributed by atoms with Crippen LogP contribution in [0.25, 0.3) is 0 Å². The fourth-order valence-corrected chi connectivity index (χ4v) is 2.79. The lowest BCUT2D eigenvalue weighted by molar-refractivity contribution is 0.176. The minimum Gasteiger partial charge on any atom is -0.396 e. The van der Waals surface area contributed by atoms with Crippen LogP contribution in [0.4, 0.5) is 14.9 Å². The Morgan fingerprint density at radius 2 is 2.05 bits per heavy atom. The van der Waals surface area contributed by atoms with E-state index in [0.29, 0.717) is 10.4 Å². The summed E-state index contributed by atoms with van der Waals surface area (Å²) in [5.74, 6) is -0.119. The van der Waals surface area contributed by atoms with Crippen LogP contribution in [0.5, 0.6) is 0 Å². The summed E-state index contributed by atoms with van der Waals surface area (Å²) in [6.45, 7) is 0.210. The molecule has 0 radical (unpaired) electrons. The molecule has 0 bridgehead atoms. The first-order chi connectivity index (χ1) is 9.58. The molecule has 1 saturated carbocycles. The van der Waals surface area contributed by atoms with Gasteiger partial charge in [0.15, 0.2) is 0 Å². The smallest absolute Gasteiger partial charge is 0.319 e. The molecule has 0 saturated heterocycles. The average molecular weight is 345 g/mol. The third-order valence-corrected chi connectivity index (χ3v) is 4.11. The number of carbonyl (C=O) groups excluding carboxylic acids is 1. The maximum atomic E-state index is 13.5. The van der Waals surface area contributed by atoms with Crippen molar-refractivity contribution in [2.24, 2.45) is 5.92 Å². The van der Waals surface area contributed by atoms with E-state index in [4.69, 9.17) is 5.11 Å². The molecule has 3 N–H and O–H groups in total. The number of amides is 2. The number of halogens is 2. The Morgan fingerprint density at radius 1 is 1.35 bits per heavy atom. The van der Waals surface area contributed by atoms with Crippen LogP contribution in [0.2, 0.25) is 0 Å². The zero-order valence-electron chi connectivity index (χ0n) is 11.0. The number of hydrogen-bond acceptors (Lipinski definition) is 2. The molecule has 1 fully saturated rings. The van der Waals surface area contributed by atoms with Crippen molar-refractivity contribution in [1.82, 2.24) is 5.32 Å². The lowest BCUT2D eigenvalue weighted by Crippen LogP contribution is -2.40. The molecule has 0 heterocycles. The number of nitrogens with one attached hydrogen (secondary N) is 2. The molecule has 4 nitrogen and oxygen atoms in total. The van der Waals surface area contributed by atoms with Gasteiger partial charge in [-0.25, -0.2) is 9.18 Å². The first-order valence-corrected chi connectivity index (χ1v) is 7.51. The van der Waals surface area contributed by atoms with Crippen molar-refractivity contribution in [3.05, 3.63) is 28.5 Å². The van der Waals surface area contributed by atoms with Crippen molar-refractivity contribution >= 4 is 27.6 Å². The monoisotopic (exact) mass is 344 g/mol. The lowest BCUT2D eigenvalue weighted by Gasteiger charge is -2.27. The highest BCUT2D eigenvalue weighted by atomic mass is 79.9. The summed E-state index contributed by atoms with van der Waals surface area (Å²) < 4.78 is 14.2. The maximum absolute atomic E-state index is 13.5. The molecule has 0 aliphatic heterocycles. The first kappa shape index (κ1) is 15.3. The highest BCUT2D eigenvalue weighted by Crippen LogP contribution is 2.24. The Morgan fingerprint density at radius 3 is 2.70 bits per heavy atom. The molecule has 0 spiro atoms. The molecular weight excluding hydrogens is 327 g/mol. The number of hydrogen-bond donors (Lipinski definition) is 3. The van der Waals surface area contributed by atoms with Crippen molar-refractivity contribution < 1.29 is 14.3 Å². The van der Waals surface area contributed by atoms with Gasteiger partial charge < -0.3 is 15.7 Å². The molecular formula is C14H18BrFN2O2. The van der Waals surface area contributed by atoms with Gasteiger partial charge in [0.05, 0.1) is 5.69 Å². The summed E-state index contributed by atoms with van der Waals surface area (Å²) in [5.41, 5.74) is 0.154. The average Bonchev–Trinajstić information content (AvgIpc) is 2.43. The second-order valence-electron chi connectivity index (χ2n) is 5.12. The third kappa shape index (κ3) is 4.18. The van der Waals surface area contributed by atoms with E-state index in [9.17, 15) is 9.18 Å². The van der Waals surface area contributed by atoms with Gasteiger partial charge in [-0.05, 0) is 49.8 Å². The SMILES string of the molecule is O=C(Nc1cc(Br)ccc1F)NC1CCC(CO)CC1. The van der Waals surface area contributed by atoms with E-state index < -0.39 is 11.8 Å². The van der Waals surface area contributed by atoms with Crippen LogP contribution in [0.15, 0.2) is 22.7 Å². The van der Waals surface area contributed by atoms with Crippen LogP contribution in [-0.4, -0.2) is 23.8 Å². The van der Waals surface area contributed by atoms with Gasteiger partial charge in [-0.2, -0.15) is 0 Å². The number of urea groups is 1. The Hall–Kier alpha value is -1.14. The quantitative estimate of drug-likeness (QED) is 0.788. The second-order valence-corrected chi connectivity index (χ2v) is 6.04. The molecule has 1 aliphatic rings. The number of benzene rings is 1. The molecule has 1 aromatic rings. The minimum atomic E-state index is -0.465. The van der Waals surface area contributed by atoms with Gasteiger partial charge in [0.2, 0.25) is 0 Å². The van der Waals surface area contributed by atoms with Crippen LogP contribution in [0.1, 0.15) is 25.7 Å². The molecule has 1 aromatic carbocycles. The molecule has 20 heavy (non-hydrogen) atoms. The number of anilines is 1. The van der Waals surface area contributed by atoms with Crippen molar-refractivity contribution in [3.63, 3.8) is 0 Å². The third-order valence-electron chi connectivity index (χ3n) is 3.62. The molecule has 110 valence electrons. The molecule has 1 aliphatic carbocycles. The van der Waals surface area contributed by atoms with E-state index in [2.05, 4.69) is 26.6 Å². The van der Waals surface area contributed by atoms with E-state index in [1.807, 2.05) is 0 Å². The standard InChI is InChI=1S/C14H18BrFN2O2/c15-10-3-6-12(16)13(7-10)18-14(20)17-11-4-1-9(8-19)2-5-11/h3,6-7,9,11,19H,1-2,4-5,8H2,(H2,17,18,20). The number of aliphatic hydroxyl groups excluding tert-OH is 1. The van der Waals surface area contributed by atoms with Gasteiger partial charge in [-0.1, -0.05) is 15.9 Å². The number of carbonyl (C=O) groups is 1. The lowest BCUT2D eigenvalue weighted by atomic mass is 9.87. The van der Waals surface area contributed by atoms with Crippen molar-refractivity contribution in [2.75, 3.05) is 11.9 Å². The van der Waals surface area contributed by atoms with Crippen LogP contribution < -0.4 is 10.6 Å². The summed E-state index contributed by atoms with van der Waals surface area (Å²) in [6, 6.07) is 4.10. The second kappa shape index (κ2) is 7.04. The predicted molar refractivity (Wildman–Crippen MR) is 79.1 cm³/mol. The Labute approximate surface area is 125 Å². The Balaban J connectivity index is 1.85. The van der Waals surface area contributed by atoms with Gasteiger partial charge in [-0.3, -0.25) is 0 Å². The van der Waals surface area contributed by atoms with E-state index in [-0.39, 0.29) is 18.3 Å². The molecule has 6 heteroatoms. The fourth-order valence-electron chi connectivity index (χ4n) is 2.43. The maximum Gasteiger partial charge on any atom is 0.319 e. The van der Waals surface area contributed by atoms with Gasteiger partial charge in [-0.15, -0.1) is 0 Å².